The van der Waals surface area contributed by atoms with Crippen molar-refractivity contribution in [1.29, 1.82) is 0 Å². The van der Waals surface area contributed by atoms with E-state index in [0.717, 1.165) is 12.5 Å². The summed E-state index contributed by atoms with van der Waals surface area (Å²) in [6.07, 6.45) is 0.521. The van der Waals surface area contributed by atoms with Crippen LogP contribution in [0.3, 0.4) is 0 Å². The zero-order valence-electron chi connectivity index (χ0n) is 9.76. The van der Waals surface area contributed by atoms with Crippen LogP contribution in [0.1, 0.15) is 25.0 Å². The summed E-state index contributed by atoms with van der Waals surface area (Å²) in [4.78, 5) is 0. The van der Waals surface area contributed by atoms with Gasteiger partial charge in [0.2, 0.25) is 0 Å². The summed E-state index contributed by atoms with van der Waals surface area (Å²) >= 11 is 0. The summed E-state index contributed by atoms with van der Waals surface area (Å²) in [6, 6.07) is 4.66. The smallest absolute Gasteiger partial charge is 0.274 e. The van der Waals surface area contributed by atoms with Crippen molar-refractivity contribution >= 4 is 0 Å². The number of halogens is 2. The van der Waals surface area contributed by atoms with Gasteiger partial charge >= 0.3 is 0 Å². The van der Waals surface area contributed by atoms with Crippen molar-refractivity contribution in [3.63, 3.8) is 0 Å². The van der Waals surface area contributed by atoms with Crippen molar-refractivity contribution in [2.24, 2.45) is 5.73 Å². The largest absolute Gasteiger partial charge is 0.496 e. The van der Waals surface area contributed by atoms with Gasteiger partial charge in [-0.1, -0.05) is 12.1 Å². The first-order chi connectivity index (χ1) is 7.36. The number of hydrogen-bond acceptors (Lipinski definition) is 2. The van der Waals surface area contributed by atoms with Crippen LogP contribution in [-0.4, -0.2) is 13.2 Å². The van der Waals surface area contributed by atoms with E-state index in [1.54, 1.807) is 12.1 Å². The van der Waals surface area contributed by atoms with E-state index < -0.39 is 5.92 Å². The summed E-state index contributed by atoms with van der Waals surface area (Å²) in [7, 11) is 1.40. The maximum absolute atomic E-state index is 13.3. The van der Waals surface area contributed by atoms with Gasteiger partial charge in [-0.3, -0.25) is 0 Å². The van der Waals surface area contributed by atoms with E-state index in [4.69, 9.17) is 10.5 Å². The van der Waals surface area contributed by atoms with Crippen molar-refractivity contribution in [2.45, 2.75) is 32.2 Å². The van der Waals surface area contributed by atoms with Gasteiger partial charge in [0.15, 0.2) is 0 Å². The van der Waals surface area contributed by atoms with Gasteiger partial charge < -0.3 is 10.5 Å². The molecule has 0 radical (unpaired) electrons. The molecule has 2 nitrogen and oxygen atoms in total. The minimum atomic E-state index is -2.90. The van der Waals surface area contributed by atoms with Crippen LogP contribution in [0.4, 0.5) is 8.78 Å². The molecule has 0 heterocycles. The van der Waals surface area contributed by atoms with Crippen LogP contribution in [0, 0.1) is 0 Å². The number of methoxy groups -OCH3 is 1. The third-order valence-corrected chi connectivity index (χ3v) is 2.32. The Morgan fingerprint density at radius 3 is 2.50 bits per heavy atom. The Balaban J connectivity index is 3.21. The second-order valence-electron chi connectivity index (χ2n) is 4.07. The van der Waals surface area contributed by atoms with Gasteiger partial charge in [0.1, 0.15) is 5.75 Å². The van der Waals surface area contributed by atoms with Gasteiger partial charge in [0, 0.05) is 13.0 Å². The van der Waals surface area contributed by atoms with E-state index in [0.29, 0.717) is 6.42 Å². The highest BCUT2D eigenvalue weighted by Gasteiger charge is 2.29. The zero-order valence-corrected chi connectivity index (χ0v) is 9.76. The number of ether oxygens (including phenoxy) is 1. The van der Waals surface area contributed by atoms with Crippen LogP contribution in [-0.2, 0) is 12.3 Å². The number of hydrogen-bond donors (Lipinski definition) is 1. The van der Waals surface area contributed by atoms with Crippen LogP contribution in [0.25, 0.3) is 0 Å². The summed E-state index contributed by atoms with van der Waals surface area (Å²) in [5.41, 5.74) is 6.29. The third-order valence-electron chi connectivity index (χ3n) is 2.32. The first kappa shape index (κ1) is 12.9. The monoisotopic (exact) mass is 229 g/mol. The molecule has 0 spiro atoms. The zero-order chi connectivity index (χ0) is 12.3. The minimum Gasteiger partial charge on any atom is -0.496 e. The molecule has 2 N–H and O–H groups in total. The molecule has 0 aliphatic carbocycles. The summed E-state index contributed by atoms with van der Waals surface area (Å²) in [5.74, 6) is -2.66. The SMILES string of the molecule is COc1c(CC(C)N)cccc1C(C)(F)F. The molecule has 0 amide bonds. The highest BCUT2D eigenvalue weighted by molar-refractivity contribution is 5.44. The van der Waals surface area contributed by atoms with Gasteiger partial charge in [0.05, 0.1) is 12.7 Å². The van der Waals surface area contributed by atoms with Gasteiger partial charge in [-0.15, -0.1) is 0 Å². The van der Waals surface area contributed by atoms with E-state index >= 15 is 0 Å². The van der Waals surface area contributed by atoms with Crippen molar-refractivity contribution < 1.29 is 13.5 Å². The quantitative estimate of drug-likeness (QED) is 0.861. The first-order valence-corrected chi connectivity index (χ1v) is 5.16. The van der Waals surface area contributed by atoms with E-state index in [1.807, 2.05) is 6.92 Å². The molecule has 1 rings (SSSR count). The first-order valence-electron chi connectivity index (χ1n) is 5.16. The fraction of sp³-hybridized carbons (Fsp3) is 0.500. The molecule has 1 aromatic carbocycles. The molecular weight excluding hydrogens is 212 g/mol. The Labute approximate surface area is 94.4 Å². The van der Waals surface area contributed by atoms with Gasteiger partial charge in [0.25, 0.3) is 5.92 Å². The average molecular weight is 229 g/mol. The molecule has 1 atom stereocenters. The lowest BCUT2D eigenvalue weighted by Crippen LogP contribution is -2.19. The Morgan fingerprint density at radius 1 is 1.44 bits per heavy atom. The van der Waals surface area contributed by atoms with Crippen molar-refractivity contribution in [3.05, 3.63) is 29.3 Å². The predicted molar refractivity (Wildman–Crippen MR) is 59.9 cm³/mol. The van der Waals surface area contributed by atoms with Crippen LogP contribution in [0.5, 0.6) is 5.75 Å². The highest BCUT2D eigenvalue weighted by atomic mass is 19.3. The number of para-hydroxylation sites is 1. The molecule has 0 fully saturated rings. The van der Waals surface area contributed by atoms with Crippen molar-refractivity contribution in [1.82, 2.24) is 0 Å². The second-order valence-corrected chi connectivity index (χ2v) is 4.07. The number of benzene rings is 1. The van der Waals surface area contributed by atoms with E-state index in [2.05, 4.69) is 0 Å². The fourth-order valence-electron chi connectivity index (χ4n) is 1.68. The molecular formula is C12H17F2NO. The van der Waals surface area contributed by atoms with Crippen LogP contribution >= 0.6 is 0 Å². The summed E-state index contributed by atoms with van der Waals surface area (Å²) in [5, 5.41) is 0. The lowest BCUT2D eigenvalue weighted by molar-refractivity contribution is 0.0149. The number of alkyl halides is 2. The Bertz CT molecular complexity index is 359. The molecule has 1 aromatic rings. The molecule has 0 aromatic heterocycles. The molecule has 1 unspecified atom stereocenters. The molecule has 0 bridgehead atoms. The molecule has 0 aliphatic rings. The van der Waals surface area contributed by atoms with E-state index in [-0.39, 0.29) is 17.4 Å². The third kappa shape index (κ3) is 2.92. The number of rotatable bonds is 4. The molecule has 0 aliphatic heterocycles. The summed E-state index contributed by atoms with van der Waals surface area (Å²) in [6.45, 7) is 2.69. The lowest BCUT2D eigenvalue weighted by atomic mass is 10.00. The molecule has 4 heteroatoms. The molecule has 0 saturated carbocycles. The predicted octanol–water partition coefficient (Wildman–Crippen LogP) is 2.70. The average Bonchev–Trinajstić information content (AvgIpc) is 2.15. The minimum absolute atomic E-state index is 0.0883. The van der Waals surface area contributed by atoms with Crippen LogP contribution in [0.15, 0.2) is 18.2 Å². The molecule has 90 valence electrons. The second kappa shape index (κ2) is 4.78. The maximum atomic E-state index is 13.3. The topological polar surface area (TPSA) is 35.2 Å². The normalized spacial score (nSPS) is 13.6. The van der Waals surface area contributed by atoms with Gasteiger partial charge in [-0.2, -0.15) is 0 Å². The Morgan fingerprint density at radius 2 is 2.06 bits per heavy atom. The van der Waals surface area contributed by atoms with Gasteiger partial charge in [-0.05, 0) is 25.0 Å². The van der Waals surface area contributed by atoms with E-state index in [9.17, 15) is 8.78 Å². The van der Waals surface area contributed by atoms with Crippen LogP contribution in [0.2, 0.25) is 0 Å². The van der Waals surface area contributed by atoms with E-state index in [1.165, 1.54) is 13.2 Å². The van der Waals surface area contributed by atoms with Crippen molar-refractivity contribution in [3.8, 4) is 5.75 Å². The number of nitrogens with two attached hydrogens (primary N) is 1. The van der Waals surface area contributed by atoms with Gasteiger partial charge in [-0.25, -0.2) is 8.78 Å². The standard InChI is InChI=1S/C12H17F2NO/c1-8(15)7-9-5-4-6-10(11(9)16-3)12(2,13)14/h4-6,8H,7,15H2,1-3H3. The lowest BCUT2D eigenvalue weighted by Gasteiger charge is -2.18. The Hall–Kier alpha value is -1.16. The molecule has 0 saturated heterocycles. The molecule has 16 heavy (non-hydrogen) atoms. The summed E-state index contributed by atoms with van der Waals surface area (Å²) < 4.78 is 31.7. The fourth-order valence-corrected chi connectivity index (χ4v) is 1.68. The maximum Gasteiger partial charge on any atom is 0.274 e. The van der Waals surface area contributed by atoms with Crippen molar-refractivity contribution in [2.75, 3.05) is 7.11 Å². The highest BCUT2D eigenvalue weighted by Crippen LogP contribution is 2.36. The van der Waals surface area contributed by atoms with Crippen LogP contribution < -0.4 is 10.5 Å². The Kier molecular flexibility index (Phi) is 3.86.